The molecule has 3 N–H and O–H groups in total. The van der Waals surface area contributed by atoms with Gasteiger partial charge in [-0.1, -0.05) is 16.9 Å². The number of aryl methyl sites for hydroxylation is 1. The van der Waals surface area contributed by atoms with E-state index in [1.54, 1.807) is 17.0 Å². The van der Waals surface area contributed by atoms with E-state index in [0.717, 1.165) is 6.42 Å². The van der Waals surface area contributed by atoms with Crippen molar-refractivity contribution in [3.05, 3.63) is 24.5 Å². The first-order valence-corrected chi connectivity index (χ1v) is 10.6. The van der Waals surface area contributed by atoms with Gasteiger partial charge in [-0.2, -0.15) is 0 Å². The number of imidazole rings is 1. The molecule has 0 spiro atoms. The van der Waals surface area contributed by atoms with E-state index in [4.69, 9.17) is 14.0 Å². The highest BCUT2D eigenvalue weighted by Gasteiger charge is 2.51. The first kappa shape index (κ1) is 19.7. The Morgan fingerprint density at radius 1 is 1.30 bits per heavy atom. The SMILES string of the molecule is Cc1cc(SC[C@]2(n3cnc4c(NC5CCOC5)ncnc43)OC[C@H](O)[C@H]2O)no1. The van der Waals surface area contributed by atoms with Crippen molar-refractivity contribution in [1.82, 2.24) is 24.7 Å². The lowest BCUT2D eigenvalue weighted by Crippen LogP contribution is -2.47. The molecule has 2 aliphatic heterocycles. The summed E-state index contributed by atoms with van der Waals surface area (Å²) in [5.74, 6) is 1.55. The Morgan fingerprint density at radius 3 is 2.90 bits per heavy atom. The molecule has 2 aliphatic rings. The van der Waals surface area contributed by atoms with Crippen LogP contribution in [0.3, 0.4) is 0 Å². The fourth-order valence-corrected chi connectivity index (χ4v) is 4.85. The van der Waals surface area contributed by atoms with Gasteiger partial charge in [0.15, 0.2) is 22.7 Å². The van der Waals surface area contributed by atoms with Gasteiger partial charge >= 0.3 is 0 Å². The van der Waals surface area contributed by atoms with E-state index in [9.17, 15) is 10.2 Å². The number of hydrogen-bond acceptors (Lipinski definition) is 11. The van der Waals surface area contributed by atoms with Crippen molar-refractivity contribution in [1.29, 1.82) is 0 Å². The van der Waals surface area contributed by atoms with Gasteiger partial charge in [0.25, 0.3) is 0 Å². The van der Waals surface area contributed by atoms with Crippen molar-refractivity contribution in [2.24, 2.45) is 0 Å². The van der Waals surface area contributed by atoms with Crippen molar-refractivity contribution >= 4 is 28.7 Å². The molecule has 0 amide bonds. The number of anilines is 1. The number of nitrogens with zero attached hydrogens (tertiary/aromatic N) is 5. The molecule has 2 saturated heterocycles. The summed E-state index contributed by atoms with van der Waals surface area (Å²) in [5, 5.41) is 29.1. The van der Waals surface area contributed by atoms with Crippen molar-refractivity contribution in [3.8, 4) is 0 Å². The molecule has 0 aromatic carbocycles. The third-order valence-electron chi connectivity index (χ3n) is 5.38. The Kier molecular flexibility index (Phi) is 5.11. The molecule has 2 fully saturated rings. The molecular formula is C18H22N6O5S. The van der Waals surface area contributed by atoms with Gasteiger partial charge in [0.2, 0.25) is 0 Å². The number of nitrogens with one attached hydrogen (secondary N) is 1. The monoisotopic (exact) mass is 434 g/mol. The number of thioether (sulfide) groups is 1. The molecule has 11 nitrogen and oxygen atoms in total. The quantitative estimate of drug-likeness (QED) is 0.468. The van der Waals surface area contributed by atoms with Gasteiger partial charge in [-0.05, 0) is 13.3 Å². The second kappa shape index (κ2) is 7.78. The summed E-state index contributed by atoms with van der Waals surface area (Å²) in [4.78, 5) is 13.2. The van der Waals surface area contributed by atoms with Gasteiger partial charge in [0, 0.05) is 12.7 Å². The van der Waals surface area contributed by atoms with Crippen LogP contribution in [0.5, 0.6) is 0 Å². The van der Waals surface area contributed by atoms with E-state index in [1.807, 2.05) is 6.92 Å². The van der Waals surface area contributed by atoms with Gasteiger partial charge in [-0.25, -0.2) is 15.0 Å². The van der Waals surface area contributed by atoms with Crippen LogP contribution >= 0.6 is 11.8 Å². The highest BCUT2D eigenvalue weighted by Crippen LogP contribution is 2.39. The fourth-order valence-electron chi connectivity index (χ4n) is 3.76. The number of rotatable bonds is 6. The van der Waals surface area contributed by atoms with Crippen LogP contribution in [0.4, 0.5) is 5.82 Å². The van der Waals surface area contributed by atoms with E-state index >= 15 is 0 Å². The zero-order valence-electron chi connectivity index (χ0n) is 16.3. The van der Waals surface area contributed by atoms with Gasteiger partial charge < -0.3 is 29.5 Å². The van der Waals surface area contributed by atoms with E-state index in [-0.39, 0.29) is 18.4 Å². The minimum absolute atomic E-state index is 0.00511. The second-order valence-electron chi connectivity index (χ2n) is 7.45. The molecule has 5 rings (SSSR count). The largest absolute Gasteiger partial charge is 0.388 e. The van der Waals surface area contributed by atoms with E-state index in [2.05, 4.69) is 25.4 Å². The van der Waals surface area contributed by atoms with Crippen molar-refractivity contribution < 1.29 is 24.2 Å². The lowest BCUT2D eigenvalue weighted by molar-refractivity contribution is -0.103. The Morgan fingerprint density at radius 2 is 2.20 bits per heavy atom. The molecule has 12 heteroatoms. The predicted octanol–water partition coefficient (Wildman–Crippen LogP) is 0.521. The first-order valence-electron chi connectivity index (χ1n) is 9.66. The molecule has 3 aromatic heterocycles. The molecule has 4 atom stereocenters. The lowest BCUT2D eigenvalue weighted by atomic mass is 10.1. The van der Waals surface area contributed by atoms with Gasteiger partial charge in [0.05, 0.1) is 31.3 Å². The van der Waals surface area contributed by atoms with Gasteiger partial charge in [-0.15, -0.1) is 0 Å². The van der Waals surface area contributed by atoms with E-state index < -0.39 is 17.9 Å². The van der Waals surface area contributed by atoms with Crippen LogP contribution in [-0.4, -0.2) is 78.7 Å². The Labute approximate surface area is 175 Å². The van der Waals surface area contributed by atoms with Crippen molar-refractivity contribution in [2.45, 2.75) is 42.3 Å². The average molecular weight is 434 g/mol. The van der Waals surface area contributed by atoms with Gasteiger partial charge in [-0.3, -0.25) is 4.57 Å². The predicted molar refractivity (Wildman–Crippen MR) is 106 cm³/mol. The normalized spacial score (nSPS) is 29.1. The van der Waals surface area contributed by atoms with Crippen LogP contribution in [0.25, 0.3) is 11.2 Å². The average Bonchev–Trinajstić information content (AvgIpc) is 3.52. The smallest absolute Gasteiger partial charge is 0.185 e. The van der Waals surface area contributed by atoms with Crippen LogP contribution < -0.4 is 5.32 Å². The van der Waals surface area contributed by atoms with Crippen LogP contribution in [-0.2, 0) is 15.2 Å². The Balaban J connectivity index is 1.51. The minimum Gasteiger partial charge on any atom is -0.388 e. The number of hydrogen-bond donors (Lipinski definition) is 3. The summed E-state index contributed by atoms with van der Waals surface area (Å²) in [5.41, 5.74) is -0.215. The second-order valence-corrected chi connectivity index (χ2v) is 8.44. The molecule has 160 valence electrons. The zero-order chi connectivity index (χ0) is 20.7. The maximum Gasteiger partial charge on any atom is 0.185 e. The molecule has 3 aromatic rings. The molecule has 5 heterocycles. The molecular weight excluding hydrogens is 412 g/mol. The topological polar surface area (TPSA) is 141 Å². The van der Waals surface area contributed by atoms with E-state index in [0.29, 0.717) is 41.0 Å². The summed E-state index contributed by atoms with van der Waals surface area (Å²) in [7, 11) is 0. The van der Waals surface area contributed by atoms with Gasteiger partial charge in [0.1, 0.15) is 29.3 Å². The highest BCUT2D eigenvalue weighted by atomic mass is 32.2. The number of aliphatic hydroxyl groups excluding tert-OH is 2. The summed E-state index contributed by atoms with van der Waals surface area (Å²) < 4.78 is 18.2. The minimum atomic E-state index is -1.27. The molecule has 1 unspecified atom stereocenters. The Hall–Kier alpha value is -2.25. The summed E-state index contributed by atoms with van der Waals surface area (Å²) in [6, 6.07) is 1.96. The standard InChI is InChI=1S/C18H22N6O5S/c1-10-4-13(23-29-10)30-7-18(15(26)12(25)6-28-18)24-9-21-14-16(19-8-20-17(14)24)22-11-2-3-27-5-11/h4,8-9,11-12,15,25-26H,2-3,5-7H2,1H3,(H,19,20,22)/t11?,12-,15+,18-/m0/s1. The molecule has 0 bridgehead atoms. The number of aliphatic hydroxyl groups is 2. The highest BCUT2D eigenvalue weighted by molar-refractivity contribution is 7.99. The molecule has 0 radical (unpaired) electrons. The van der Waals surface area contributed by atoms with Crippen LogP contribution in [0.1, 0.15) is 12.2 Å². The van der Waals surface area contributed by atoms with Crippen LogP contribution in [0, 0.1) is 6.92 Å². The van der Waals surface area contributed by atoms with Crippen LogP contribution in [0.2, 0.25) is 0 Å². The first-order chi connectivity index (χ1) is 14.6. The Bertz CT molecular complexity index is 1040. The summed E-state index contributed by atoms with van der Waals surface area (Å²) in [6.45, 7) is 3.12. The van der Waals surface area contributed by atoms with Crippen molar-refractivity contribution in [2.75, 3.05) is 30.9 Å². The third-order valence-corrected chi connectivity index (χ3v) is 6.42. The van der Waals surface area contributed by atoms with E-state index in [1.165, 1.54) is 18.1 Å². The number of aromatic nitrogens is 5. The summed E-state index contributed by atoms with van der Waals surface area (Å²) >= 11 is 1.36. The number of ether oxygens (including phenoxy) is 2. The molecule has 0 saturated carbocycles. The maximum absolute atomic E-state index is 10.9. The number of fused-ring (bicyclic) bond motifs is 1. The summed E-state index contributed by atoms with van der Waals surface area (Å²) in [6.07, 6.45) is 1.68. The zero-order valence-corrected chi connectivity index (χ0v) is 17.1. The maximum atomic E-state index is 10.9. The fraction of sp³-hybridized carbons (Fsp3) is 0.556. The molecule has 0 aliphatic carbocycles. The van der Waals surface area contributed by atoms with Crippen LogP contribution in [0.15, 0.2) is 28.3 Å². The molecule has 30 heavy (non-hydrogen) atoms. The third kappa shape index (κ3) is 3.34. The lowest BCUT2D eigenvalue weighted by Gasteiger charge is -2.32. The van der Waals surface area contributed by atoms with Crippen molar-refractivity contribution in [3.63, 3.8) is 0 Å².